The highest BCUT2D eigenvalue weighted by molar-refractivity contribution is 5.42. The summed E-state index contributed by atoms with van der Waals surface area (Å²) in [5, 5.41) is 22.7. The summed E-state index contributed by atoms with van der Waals surface area (Å²) in [5.74, 6) is 0.652. The molecule has 0 unspecified atom stereocenters. The van der Waals surface area contributed by atoms with E-state index >= 15 is 0 Å². The fraction of sp³-hybridized carbons (Fsp3) is 0.500. The summed E-state index contributed by atoms with van der Waals surface area (Å²) in [6, 6.07) is 6.72. The van der Waals surface area contributed by atoms with Gasteiger partial charge in [-0.05, 0) is 36.4 Å². The number of non-ortho nitro benzene ring substituents is 1. The summed E-state index contributed by atoms with van der Waals surface area (Å²) in [6.45, 7) is 2.11. The Morgan fingerprint density at radius 1 is 1.43 bits per heavy atom. The standard InChI is InChI=1S/C14H18N6O3/c1-18(11-5-7-23-8-6-11)10-14-15-16-17-19(14)12-3-2-4-13(9-12)20(21)22/h2-4,9,11H,5-8,10H2,1H3. The van der Waals surface area contributed by atoms with Crippen molar-refractivity contribution in [3.05, 3.63) is 40.2 Å². The number of benzene rings is 1. The van der Waals surface area contributed by atoms with Crippen molar-refractivity contribution in [3.63, 3.8) is 0 Å². The Labute approximate surface area is 133 Å². The molecule has 1 aromatic heterocycles. The number of tetrazole rings is 1. The van der Waals surface area contributed by atoms with Gasteiger partial charge in [-0.2, -0.15) is 4.68 Å². The van der Waals surface area contributed by atoms with Crippen LogP contribution < -0.4 is 0 Å². The lowest BCUT2D eigenvalue weighted by atomic mass is 10.1. The summed E-state index contributed by atoms with van der Waals surface area (Å²) in [7, 11) is 2.03. The summed E-state index contributed by atoms with van der Waals surface area (Å²) in [5.41, 5.74) is 0.598. The van der Waals surface area contributed by atoms with Crippen molar-refractivity contribution in [2.45, 2.75) is 25.4 Å². The predicted molar refractivity (Wildman–Crippen MR) is 81.1 cm³/mol. The summed E-state index contributed by atoms with van der Waals surface area (Å²) in [6.07, 6.45) is 1.96. The third-order valence-electron chi connectivity index (χ3n) is 4.02. The second kappa shape index (κ2) is 6.80. The predicted octanol–water partition coefficient (Wildman–Crippen LogP) is 1.18. The molecule has 0 amide bonds. The molecular formula is C14H18N6O3. The lowest BCUT2D eigenvalue weighted by molar-refractivity contribution is -0.384. The van der Waals surface area contributed by atoms with Crippen LogP contribution in [0.4, 0.5) is 5.69 Å². The van der Waals surface area contributed by atoms with Gasteiger partial charge in [-0.25, -0.2) is 0 Å². The molecule has 9 heteroatoms. The van der Waals surface area contributed by atoms with Crippen LogP contribution in [-0.4, -0.2) is 56.3 Å². The third-order valence-corrected chi connectivity index (χ3v) is 4.02. The molecule has 0 aliphatic carbocycles. The number of nitro groups is 1. The topological polar surface area (TPSA) is 99.2 Å². The molecule has 1 fully saturated rings. The Bertz CT molecular complexity index is 683. The molecule has 9 nitrogen and oxygen atoms in total. The Balaban J connectivity index is 1.79. The van der Waals surface area contributed by atoms with E-state index in [2.05, 4.69) is 20.4 Å². The molecule has 1 saturated heterocycles. The molecule has 0 spiro atoms. The van der Waals surface area contributed by atoms with Gasteiger partial charge in [-0.3, -0.25) is 15.0 Å². The van der Waals surface area contributed by atoms with E-state index in [1.165, 1.54) is 12.1 Å². The third kappa shape index (κ3) is 3.51. The van der Waals surface area contributed by atoms with E-state index in [0.29, 0.717) is 24.1 Å². The second-order valence-electron chi connectivity index (χ2n) is 5.54. The zero-order valence-electron chi connectivity index (χ0n) is 12.8. The van der Waals surface area contributed by atoms with Crippen LogP contribution >= 0.6 is 0 Å². The van der Waals surface area contributed by atoms with E-state index in [1.807, 2.05) is 7.05 Å². The Hall–Kier alpha value is -2.39. The first-order valence-electron chi connectivity index (χ1n) is 7.45. The minimum Gasteiger partial charge on any atom is -0.381 e. The van der Waals surface area contributed by atoms with E-state index in [1.54, 1.807) is 16.8 Å². The lowest BCUT2D eigenvalue weighted by Crippen LogP contribution is -2.36. The molecule has 2 aromatic rings. The van der Waals surface area contributed by atoms with Crippen LogP contribution in [0.2, 0.25) is 0 Å². The monoisotopic (exact) mass is 318 g/mol. The number of aromatic nitrogens is 4. The minimum atomic E-state index is -0.429. The van der Waals surface area contributed by atoms with Gasteiger partial charge in [0.2, 0.25) is 0 Å². The van der Waals surface area contributed by atoms with Crippen molar-refractivity contribution in [1.29, 1.82) is 0 Å². The van der Waals surface area contributed by atoms with Crippen molar-refractivity contribution in [2.24, 2.45) is 0 Å². The van der Waals surface area contributed by atoms with Crippen LogP contribution in [0.15, 0.2) is 24.3 Å². The Kier molecular flexibility index (Phi) is 4.58. The smallest absolute Gasteiger partial charge is 0.271 e. The first kappa shape index (κ1) is 15.5. The van der Waals surface area contributed by atoms with Gasteiger partial charge in [-0.1, -0.05) is 6.07 Å². The molecule has 2 heterocycles. The quantitative estimate of drug-likeness (QED) is 0.603. The fourth-order valence-electron chi connectivity index (χ4n) is 2.72. The Morgan fingerprint density at radius 2 is 2.22 bits per heavy atom. The highest BCUT2D eigenvalue weighted by Crippen LogP contribution is 2.19. The van der Waals surface area contributed by atoms with Crippen LogP contribution in [-0.2, 0) is 11.3 Å². The maximum Gasteiger partial charge on any atom is 0.271 e. The van der Waals surface area contributed by atoms with Crippen LogP contribution in [0.5, 0.6) is 0 Å². The molecule has 1 aromatic carbocycles. The van der Waals surface area contributed by atoms with Gasteiger partial charge in [0, 0.05) is 31.4 Å². The van der Waals surface area contributed by atoms with E-state index < -0.39 is 4.92 Å². The van der Waals surface area contributed by atoms with E-state index in [0.717, 1.165) is 26.1 Å². The molecular weight excluding hydrogens is 300 g/mol. The SMILES string of the molecule is CN(Cc1nnnn1-c1cccc([N+](=O)[O-])c1)C1CCOCC1. The van der Waals surface area contributed by atoms with Crippen LogP contribution in [0.25, 0.3) is 5.69 Å². The van der Waals surface area contributed by atoms with Crippen molar-refractivity contribution < 1.29 is 9.66 Å². The lowest BCUT2D eigenvalue weighted by Gasteiger charge is -2.30. The molecule has 0 saturated carbocycles. The molecule has 122 valence electrons. The molecule has 0 atom stereocenters. The fourth-order valence-corrected chi connectivity index (χ4v) is 2.72. The maximum absolute atomic E-state index is 10.9. The maximum atomic E-state index is 10.9. The zero-order chi connectivity index (χ0) is 16.2. The number of hydrogen-bond acceptors (Lipinski definition) is 7. The van der Waals surface area contributed by atoms with E-state index in [4.69, 9.17) is 4.74 Å². The summed E-state index contributed by atoms with van der Waals surface area (Å²) >= 11 is 0. The average Bonchev–Trinajstić information content (AvgIpc) is 3.04. The first-order valence-corrected chi connectivity index (χ1v) is 7.45. The molecule has 3 rings (SSSR count). The summed E-state index contributed by atoms with van der Waals surface area (Å²) in [4.78, 5) is 12.7. The number of ether oxygens (including phenoxy) is 1. The van der Waals surface area contributed by atoms with E-state index in [9.17, 15) is 10.1 Å². The molecule has 0 radical (unpaired) electrons. The molecule has 1 aliphatic heterocycles. The van der Waals surface area contributed by atoms with Crippen molar-refractivity contribution in [1.82, 2.24) is 25.1 Å². The van der Waals surface area contributed by atoms with Gasteiger partial charge in [0.05, 0.1) is 17.2 Å². The normalized spacial score (nSPS) is 15.9. The van der Waals surface area contributed by atoms with Gasteiger partial charge in [0.25, 0.3) is 5.69 Å². The minimum absolute atomic E-state index is 0.0155. The first-order chi connectivity index (χ1) is 11.1. The van der Waals surface area contributed by atoms with Crippen molar-refractivity contribution in [3.8, 4) is 5.69 Å². The van der Waals surface area contributed by atoms with Gasteiger partial charge in [0.15, 0.2) is 5.82 Å². The van der Waals surface area contributed by atoms with Crippen molar-refractivity contribution in [2.75, 3.05) is 20.3 Å². The van der Waals surface area contributed by atoms with Crippen molar-refractivity contribution >= 4 is 5.69 Å². The average molecular weight is 318 g/mol. The zero-order valence-corrected chi connectivity index (χ0v) is 12.8. The number of rotatable bonds is 5. The largest absolute Gasteiger partial charge is 0.381 e. The summed E-state index contributed by atoms with van der Waals surface area (Å²) < 4.78 is 6.92. The Morgan fingerprint density at radius 3 is 2.96 bits per heavy atom. The second-order valence-corrected chi connectivity index (χ2v) is 5.54. The van der Waals surface area contributed by atoms with Crippen LogP contribution in [0.1, 0.15) is 18.7 Å². The van der Waals surface area contributed by atoms with Gasteiger partial charge < -0.3 is 4.74 Å². The highest BCUT2D eigenvalue weighted by Gasteiger charge is 2.21. The highest BCUT2D eigenvalue weighted by atomic mass is 16.6. The van der Waals surface area contributed by atoms with Gasteiger partial charge >= 0.3 is 0 Å². The number of nitrogens with zero attached hydrogens (tertiary/aromatic N) is 6. The molecule has 1 aliphatic rings. The number of hydrogen-bond donors (Lipinski definition) is 0. The molecule has 0 N–H and O–H groups in total. The van der Waals surface area contributed by atoms with Gasteiger partial charge in [-0.15, -0.1) is 5.10 Å². The van der Waals surface area contributed by atoms with E-state index in [-0.39, 0.29) is 5.69 Å². The van der Waals surface area contributed by atoms with Crippen LogP contribution in [0.3, 0.4) is 0 Å². The van der Waals surface area contributed by atoms with Gasteiger partial charge in [0.1, 0.15) is 0 Å². The molecule has 0 bridgehead atoms. The molecule has 23 heavy (non-hydrogen) atoms. The van der Waals surface area contributed by atoms with Crippen LogP contribution in [0, 0.1) is 10.1 Å². The number of nitro benzene ring substituents is 1.